The molecule has 2 aliphatic heterocycles. The Hall–Kier alpha value is -0.580. The number of hydrogen-bond acceptors (Lipinski definition) is 3. The van der Waals surface area contributed by atoms with Crippen molar-refractivity contribution < 1.29 is 0 Å². The zero-order valence-corrected chi connectivity index (χ0v) is 13.8. The number of halogens is 1. The summed E-state index contributed by atoms with van der Waals surface area (Å²) in [5, 5.41) is 3.58. The van der Waals surface area contributed by atoms with Crippen LogP contribution in [0, 0.1) is 0 Å². The van der Waals surface area contributed by atoms with Crippen molar-refractivity contribution in [1.82, 2.24) is 10.2 Å². The van der Waals surface area contributed by atoms with Crippen LogP contribution in [0.4, 0.5) is 5.69 Å². The normalized spacial score (nSPS) is 24.3. The SMILES string of the molecule is CN1CCN(c2ccc(CC3CCCN3)cc2Br)CC1. The van der Waals surface area contributed by atoms with E-state index in [1.165, 1.54) is 35.1 Å². The zero-order chi connectivity index (χ0) is 13.9. The molecule has 4 heteroatoms. The quantitative estimate of drug-likeness (QED) is 0.914. The second-order valence-electron chi connectivity index (χ2n) is 6.07. The van der Waals surface area contributed by atoms with E-state index in [4.69, 9.17) is 0 Å². The molecule has 1 atom stereocenters. The van der Waals surface area contributed by atoms with Crippen LogP contribution in [-0.2, 0) is 6.42 Å². The Morgan fingerprint density at radius 2 is 2.05 bits per heavy atom. The maximum absolute atomic E-state index is 3.77. The van der Waals surface area contributed by atoms with Gasteiger partial charge in [0.15, 0.2) is 0 Å². The fourth-order valence-electron chi connectivity index (χ4n) is 3.20. The van der Waals surface area contributed by atoms with Crippen molar-refractivity contribution in [3.05, 3.63) is 28.2 Å². The monoisotopic (exact) mass is 337 g/mol. The highest BCUT2D eigenvalue weighted by Crippen LogP contribution is 2.29. The van der Waals surface area contributed by atoms with E-state index in [1.54, 1.807) is 0 Å². The summed E-state index contributed by atoms with van der Waals surface area (Å²) in [6.07, 6.45) is 3.80. The predicted molar refractivity (Wildman–Crippen MR) is 88.6 cm³/mol. The van der Waals surface area contributed by atoms with Gasteiger partial charge in [0.1, 0.15) is 0 Å². The first-order valence-corrected chi connectivity index (χ1v) is 8.47. The van der Waals surface area contributed by atoms with Crippen molar-refractivity contribution >= 4 is 21.6 Å². The summed E-state index contributed by atoms with van der Waals surface area (Å²) in [4.78, 5) is 4.88. The number of nitrogens with one attached hydrogen (secondary N) is 1. The van der Waals surface area contributed by atoms with Crippen molar-refractivity contribution in [1.29, 1.82) is 0 Å². The van der Waals surface area contributed by atoms with Crippen LogP contribution in [0.25, 0.3) is 0 Å². The molecule has 0 amide bonds. The lowest BCUT2D eigenvalue weighted by Crippen LogP contribution is -2.44. The van der Waals surface area contributed by atoms with E-state index >= 15 is 0 Å². The summed E-state index contributed by atoms with van der Waals surface area (Å²) in [5.74, 6) is 0. The Balaban J connectivity index is 1.67. The van der Waals surface area contributed by atoms with Gasteiger partial charge in [-0.25, -0.2) is 0 Å². The number of piperazine rings is 1. The third-order valence-corrected chi connectivity index (χ3v) is 5.14. The van der Waals surface area contributed by atoms with E-state index in [-0.39, 0.29) is 0 Å². The molecule has 2 saturated heterocycles. The van der Waals surface area contributed by atoms with Crippen LogP contribution >= 0.6 is 15.9 Å². The Morgan fingerprint density at radius 3 is 2.70 bits per heavy atom. The minimum Gasteiger partial charge on any atom is -0.368 e. The number of nitrogens with zero attached hydrogens (tertiary/aromatic N) is 2. The highest BCUT2D eigenvalue weighted by Gasteiger charge is 2.18. The van der Waals surface area contributed by atoms with Gasteiger partial charge in [0.05, 0.1) is 5.69 Å². The number of likely N-dealkylation sites (N-methyl/N-ethyl adjacent to an activating group) is 1. The van der Waals surface area contributed by atoms with Gasteiger partial charge in [0, 0.05) is 36.7 Å². The molecule has 1 N–H and O–H groups in total. The van der Waals surface area contributed by atoms with Crippen LogP contribution < -0.4 is 10.2 Å². The largest absolute Gasteiger partial charge is 0.368 e. The van der Waals surface area contributed by atoms with E-state index in [0.29, 0.717) is 6.04 Å². The van der Waals surface area contributed by atoms with Crippen LogP contribution in [0.3, 0.4) is 0 Å². The van der Waals surface area contributed by atoms with E-state index in [2.05, 4.69) is 56.3 Å². The second kappa shape index (κ2) is 6.46. The summed E-state index contributed by atoms with van der Waals surface area (Å²) >= 11 is 3.77. The van der Waals surface area contributed by atoms with Gasteiger partial charge in [-0.1, -0.05) is 6.07 Å². The van der Waals surface area contributed by atoms with Crippen LogP contribution in [0.1, 0.15) is 18.4 Å². The molecule has 0 radical (unpaired) electrons. The zero-order valence-electron chi connectivity index (χ0n) is 12.2. The molecule has 3 rings (SSSR count). The average molecular weight is 338 g/mol. The molecule has 0 aromatic heterocycles. The molecule has 1 unspecified atom stereocenters. The predicted octanol–water partition coefficient (Wildman–Crippen LogP) is 2.50. The number of rotatable bonds is 3. The van der Waals surface area contributed by atoms with Crippen LogP contribution in [0.15, 0.2) is 22.7 Å². The molecule has 2 fully saturated rings. The third-order valence-electron chi connectivity index (χ3n) is 4.50. The summed E-state index contributed by atoms with van der Waals surface area (Å²) in [6, 6.07) is 7.59. The minimum absolute atomic E-state index is 0.677. The molecule has 20 heavy (non-hydrogen) atoms. The molecule has 0 spiro atoms. The number of hydrogen-bond donors (Lipinski definition) is 1. The topological polar surface area (TPSA) is 18.5 Å². The molecule has 1 aromatic rings. The smallest absolute Gasteiger partial charge is 0.0511 e. The Kier molecular flexibility index (Phi) is 4.64. The summed E-state index contributed by atoms with van der Waals surface area (Å²) in [6.45, 7) is 5.74. The first-order valence-electron chi connectivity index (χ1n) is 7.68. The van der Waals surface area contributed by atoms with Gasteiger partial charge >= 0.3 is 0 Å². The van der Waals surface area contributed by atoms with E-state index in [1.807, 2.05) is 0 Å². The standard InChI is InChI=1S/C16H24BrN3/c1-19-7-9-20(10-8-19)16-5-4-13(12-15(16)17)11-14-3-2-6-18-14/h4-5,12,14,18H,2-3,6-11H2,1H3. The van der Waals surface area contributed by atoms with Crippen LogP contribution in [0.2, 0.25) is 0 Å². The lowest BCUT2D eigenvalue weighted by Gasteiger charge is -2.34. The van der Waals surface area contributed by atoms with Crippen LogP contribution in [0.5, 0.6) is 0 Å². The van der Waals surface area contributed by atoms with Gasteiger partial charge in [-0.05, 0) is 66.5 Å². The van der Waals surface area contributed by atoms with Crippen molar-refractivity contribution in [2.45, 2.75) is 25.3 Å². The Labute approximate surface area is 130 Å². The lowest BCUT2D eigenvalue weighted by atomic mass is 10.0. The molecular weight excluding hydrogens is 314 g/mol. The van der Waals surface area contributed by atoms with E-state index < -0.39 is 0 Å². The maximum atomic E-state index is 3.77. The van der Waals surface area contributed by atoms with Gasteiger partial charge in [-0.2, -0.15) is 0 Å². The van der Waals surface area contributed by atoms with Crippen molar-refractivity contribution in [3.63, 3.8) is 0 Å². The van der Waals surface area contributed by atoms with Gasteiger partial charge < -0.3 is 15.1 Å². The first-order chi connectivity index (χ1) is 9.72. The maximum Gasteiger partial charge on any atom is 0.0511 e. The summed E-state index contributed by atoms with van der Waals surface area (Å²) in [5.41, 5.74) is 2.79. The van der Waals surface area contributed by atoms with Gasteiger partial charge in [0.25, 0.3) is 0 Å². The van der Waals surface area contributed by atoms with Crippen molar-refractivity contribution in [3.8, 4) is 0 Å². The highest BCUT2D eigenvalue weighted by atomic mass is 79.9. The molecule has 3 nitrogen and oxygen atoms in total. The molecule has 1 aromatic carbocycles. The summed E-state index contributed by atoms with van der Waals surface area (Å²) < 4.78 is 1.25. The highest BCUT2D eigenvalue weighted by molar-refractivity contribution is 9.10. The fourth-order valence-corrected chi connectivity index (χ4v) is 3.87. The average Bonchev–Trinajstić information content (AvgIpc) is 2.93. The second-order valence-corrected chi connectivity index (χ2v) is 6.93. The van der Waals surface area contributed by atoms with Crippen molar-refractivity contribution in [2.24, 2.45) is 0 Å². The fraction of sp³-hybridized carbons (Fsp3) is 0.625. The summed E-state index contributed by atoms with van der Waals surface area (Å²) in [7, 11) is 2.20. The molecule has 0 saturated carbocycles. The first kappa shape index (κ1) is 14.4. The van der Waals surface area contributed by atoms with Gasteiger partial charge in [0.2, 0.25) is 0 Å². The van der Waals surface area contributed by atoms with E-state index in [0.717, 1.165) is 32.6 Å². The van der Waals surface area contributed by atoms with Crippen molar-refractivity contribution in [2.75, 3.05) is 44.7 Å². The Morgan fingerprint density at radius 1 is 1.25 bits per heavy atom. The molecule has 0 bridgehead atoms. The molecule has 2 heterocycles. The van der Waals surface area contributed by atoms with Crippen LogP contribution in [-0.4, -0.2) is 50.7 Å². The van der Waals surface area contributed by atoms with E-state index in [9.17, 15) is 0 Å². The number of anilines is 1. The third kappa shape index (κ3) is 3.35. The van der Waals surface area contributed by atoms with Gasteiger partial charge in [-0.15, -0.1) is 0 Å². The Bertz CT molecular complexity index is 449. The molecular formula is C16H24BrN3. The molecule has 2 aliphatic rings. The molecule has 110 valence electrons. The lowest BCUT2D eigenvalue weighted by molar-refractivity contribution is 0.312. The minimum atomic E-state index is 0.677. The number of benzene rings is 1. The van der Waals surface area contributed by atoms with Gasteiger partial charge in [-0.3, -0.25) is 0 Å². The molecule has 0 aliphatic carbocycles.